The normalized spacial score (nSPS) is 16.7. The van der Waals surface area contributed by atoms with Gasteiger partial charge in [0.15, 0.2) is 0 Å². The lowest BCUT2D eigenvalue weighted by molar-refractivity contribution is -0.213. The molecule has 4 heterocycles. The van der Waals surface area contributed by atoms with Crippen LogP contribution in [0, 0.1) is 0 Å². The van der Waals surface area contributed by atoms with Crippen molar-refractivity contribution in [3.8, 4) is 11.3 Å². The Kier molecular flexibility index (Phi) is 5.95. The first kappa shape index (κ1) is 23.2. The summed E-state index contributed by atoms with van der Waals surface area (Å²) in [4.78, 5) is 41.1. The highest BCUT2D eigenvalue weighted by Crippen LogP contribution is 2.28. The van der Waals surface area contributed by atoms with Crippen molar-refractivity contribution in [2.75, 3.05) is 12.1 Å². The van der Waals surface area contributed by atoms with Gasteiger partial charge in [-0.15, -0.1) is 0 Å². The van der Waals surface area contributed by atoms with E-state index < -0.39 is 11.3 Å². The Morgan fingerprint density at radius 3 is 2.86 bits per heavy atom. The van der Waals surface area contributed by atoms with Crippen molar-refractivity contribution in [3.05, 3.63) is 93.2 Å². The molecule has 3 N–H and O–H groups in total. The van der Waals surface area contributed by atoms with Crippen LogP contribution >= 0.6 is 0 Å². The van der Waals surface area contributed by atoms with Crippen LogP contribution in [0.15, 0.2) is 75.5 Å². The molecule has 2 aliphatic rings. The van der Waals surface area contributed by atoms with Gasteiger partial charge in [0, 0.05) is 42.2 Å². The minimum absolute atomic E-state index is 0.0430. The number of hydrazine groups is 1. The molecule has 0 radical (unpaired) electrons. The number of nitrogens with zero attached hydrogens (tertiary/aromatic N) is 4. The number of carbonyl (C=O) groups is 1. The number of H-pyrrole nitrogens is 1. The van der Waals surface area contributed by atoms with Crippen LogP contribution < -0.4 is 26.3 Å². The van der Waals surface area contributed by atoms with Gasteiger partial charge < -0.3 is 15.4 Å². The predicted molar refractivity (Wildman–Crippen MR) is 136 cm³/mol. The van der Waals surface area contributed by atoms with E-state index in [0.29, 0.717) is 39.7 Å². The maximum absolute atomic E-state index is 13.1. The number of carbonyl (C=O) groups excluding carboxylic acids is 1. The van der Waals surface area contributed by atoms with Gasteiger partial charge in [-0.05, 0) is 49.6 Å². The van der Waals surface area contributed by atoms with Gasteiger partial charge in [-0.1, -0.05) is 18.2 Å². The highest BCUT2D eigenvalue weighted by atomic mass is 16.3. The largest absolute Gasteiger partial charge is 0.858 e. The summed E-state index contributed by atoms with van der Waals surface area (Å²) in [5.41, 5.74) is 6.39. The van der Waals surface area contributed by atoms with E-state index >= 15 is 0 Å². The van der Waals surface area contributed by atoms with Crippen LogP contribution in [0.3, 0.4) is 0 Å². The first-order valence-corrected chi connectivity index (χ1v) is 11.4. The molecule has 1 amide bonds. The standard InChI is InChI=1S/C26H25N7O3/c1-14-9-21-31-15(2)22-23(34)19(13-29-24(22)33(21)32-14)26(36)30-12-16-7-8-20(28-11-16)17-5-4-6-18(10-17)25(35)27-3/h4-11,13-14,32H,12H2,1-3H3,(H,27,35)(H,29,34)(H,30,36)/p-1. The zero-order valence-corrected chi connectivity index (χ0v) is 20.0. The van der Waals surface area contributed by atoms with Gasteiger partial charge in [-0.2, -0.15) is 0 Å². The lowest BCUT2D eigenvalue weighted by atomic mass is 10.1. The Hall–Kier alpha value is -4.57. The van der Waals surface area contributed by atoms with Gasteiger partial charge in [0.25, 0.3) is 5.91 Å². The lowest BCUT2D eigenvalue weighted by Crippen LogP contribution is -2.41. The third-order valence-electron chi connectivity index (χ3n) is 6.00. The Bertz CT molecular complexity index is 1500. The van der Waals surface area contributed by atoms with Crippen molar-refractivity contribution in [1.82, 2.24) is 20.7 Å². The molecular weight excluding hydrogens is 458 g/mol. The van der Waals surface area contributed by atoms with Crippen LogP contribution in [-0.4, -0.2) is 40.6 Å². The predicted octanol–water partition coefficient (Wildman–Crippen LogP) is 1.48. The van der Waals surface area contributed by atoms with E-state index in [2.05, 4.69) is 30.7 Å². The summed E-state index contributed by atoms with van der Waals surface area (Å²) in [6.45, 7) is 3.80. The van der Waals surface area contributed by atoms with Gasteiger partial charge in [0.2, 0.25) is 5.43 Å². The number of benzene rings is 1. The van der Waals surface area contributed by atoms with Crippen LogP contribution in [0.2, 0.25) is 0 Å². The first-order chi connectivity index (χ1) is 17.4. The fraction of sp³-hybridized carbons (Fsp3) is 0.192. The third-order valence-corrected chi connectivity index (χ3v) is 6.00. The molecule has 1 aromatic carbocycles. The molecule has 36 heavy (non-hydrogen) atoms. The van der Waals surface area contributed by atoms with Crippen molar-refractivity contribution in [2.45, 2.75) is 26.4 Å². The number of amides is 1. The van der Waals surface area contributed by atoms with Gasteiger partial charge in [-0.25, -0.2) is 15.4 Å². The summed E-state index contributed by atoms with van der Waals surface area (Å²) in [7, 11) is 1.58. The number of hydrogen-bond acceptors (Lipinski definition) is 8. The molecular formula is C26H24N7O3-. The number of pyridine rings is 2. The van der Waals surface area contributed by atoms with Crippen LogP contribution in [0.4, 0.5) is 5.82 Å². The summed E-state index contributed by atoms with van der Waals surface area (Å²) < 4.78 is 0. The minimum atomic E-state index is -0.613. The first-order valence-electron chi connectivity index (χ1n) is 11.4. The molecule has 0 bridgehead atoms. The summed E-state index contributed by atoms with van der Waals surface area (Å²) >= 11 is 0. The highest BCUT2D eigenvalue weighted by molar-refractivity contribution is 6.07. The molecule has 182 valence electrons. The van der Waals surface area contributed by atoms with Crippen LogP contribution in [0.25, 0.3) is 11.3 Å². The maximum atomic E-state index is 13.1. The van der Waals surface area contributed by atoms with Crippen molar-refractivity contribution < 1.29 is 9.90 Å². The molecule has 0 aliphatic carbocycles. The van der Waals surface area contributed by atoms with Crippen LogP contribution in [-0.2, 0) is 6.54 Å². The molecule has 5 rings (SSSR count). The number of aromatic amines is 1. The van der Waals surface area contributed by atoms with Crippen LogP contribution in [0.5, 0.6) is 0 Å². The summed E-state index contributed by atoms with van der Waals surface area (Å²) in [6, 6.07) is 10.8. The van der Waals surface area contributed by atoms with Gasteiger partial charge in [0.05, 0.1) is 23.5 Å². The maximum Gasteiger partial charge on any atom is 0.251 e. The molecule has 0 saturated heterocycles. The van der Waals surface area contributed by atoms with Crippen molar-refractivity contribution in [3.63, 3.8) is 0 Å². The Morgan fingerprint density at radius 2 is 2.11 bits per heavy atom. The third kappa shape index (κ3) is 4.18. The number of fused-ring (bicyclic) bond motifs is 3. The van der Waals surface area contributed by atoms with Crippen LogP contribution in [0.1, 0.15) is 40.9 Å². The minimum Gasteiger partial charge on any atom is -0.858 e. The van der Waals surface area contributed by atoms with E-state index in [4.69, 9.17) is 0 Å². The molecule has 1 unspecified atom stereocenters. The fourth-order valence-corrected chi connectivity index (χ4v) is 4.19. The number of nitrogens with one attached hydrogen (secondary N) is 3. The van der Waals surface area contributed by atoms with E-state index in [9.17, 15) is 14.7 Å². The summed E-state index contributed by atoms with van der Waals surface area (Å²) in [6.07, 6.45) is 4.98. The summed E-state index contributed by atoms with van der Waals surface area (Å²) in [5, 5.41) is 17.1. The molecule has 2 aliphatic heterocycles. The van der Waals surface area contributed by atoms with E-state index in [1.807, 2.05) is 25.1 Å². The average molecular weight is 483 g/mol. The van der Waals surface area contributed by atoms with Crippen molar-refractivity contribution in [1.29, 1.82) is 0 Å². The topological polar surface area (TPSA) is 138 Å². The number of rotatable bonds is 5. The van der Waals surface area contributed by atoms with E-state index in [1.54, 1.807) is 49.4 Å². The Labute approximate surface area is 207 Å². The zero-order chi connectivity index (χ0) is 25.4. The number of aromatic nitrogens is 2. The second-order valence-electron chi connectivity index (χ2n) is 8.56. The second-order valence-corrected chi connectivity index (χ2v) is 8.56. The summed E-state index contributed by atoms with van der Waals surface area (Å²) in [5.74, 6) is 0.481. The molecule has 0 spiro atoms. The lowest BCUT2D eigenvalue weighted by Gasteiger charge is -2.27. The van der Waals surface area contributed by atoms with Crippen molar-refractivity contribution in [2.24, 2.45) is 9.98 Å². The van der Waals surface area contributed by atoms with E-state index in [-0.39, 0.29) is 24.1 Å². The Morgan fingerprint density at radius 1 is 1.28 bits per heavy atom. The molecule has 0 saturated carbocycles. The quantitative estimate of drug-likeness (QED) is 0.372. The number of hydrogen-bond donors (Lipinski definition) is 3. The zero-order valence-electron chi connectivity index (χ0n) is 20.0. The van der Waals surface area contributed by atoms with Gasteiger partial charge in [0.1, 0.15) is 11.6 Å². The number of anilines is 1. The smallest absolute Gasteiger partial charge is 0.251 e. The van der Waals surface area contributed by atoms with Crippen molar-refractivity contribution >= 4 is 23.3 Å². The molecule has 0 fully saturated rings. The van der Waals surface area contributed by atoms with Gasteiger partial charge in [-0.3, -0.25) is 19.6 Å². The average Bonchev–Trinajstić information content (AvgIpc) is 3.27. The molecule has 10 nitrogen and oxygen atoms in total. The molecule has 3 aromatic rings. The number of aliphatic imine (C=N–C) groups is 2. The molecule has 10 heteroatoms. The second kappa shape index (κ2) is 9.23. The SMILES string of the molecule is CNC(=O)c1cccc(-c2ccc(CN=C([O-])c3c[nH]c4c(c3=O)C(C)=NC3=CC(C)NN34)cn2)c1. The molecule has 2 aromatic heterocycles. The fourth-order valence-electron chi connectivity index (χ4n) is 4.19. The van der Waals surface area contributed by atoms with Gasteiger partial charge >= 0.3 is 0 Å². The molecule has 1 atom stereocenters. The monoisotopic (exact) mass is 482 g/mol. The van der Waals surface area contributed by atoms with E-state index in [0.717, 1.165) is 5.56 Å². The highest BCUT2D eigenvalue weighted by Gasteiger charge is 2.30. The Balaban J connectivity index is 1.36. The van der Waals surface area contributed by atoms with E-state index in [1.165, 1.54) is 6.20 Å².